The van der Waals surface area contributed by atoms with E-state index in [4.69, 9.17) is 5.11 Å². The maximum Gasteiger partial charge on any atom is 0.303 e. The van der Waals surface area contributed by atoms with Gasteiger partial charge in [-0.15, -0.1) is 0 Å². The number of aliphatic hydroxyl groups is 1. The summed E-state index contributed by atoms with van der Waals surface area (Å²) in [5, 5.41) is 19.3. The third kappa shape index (κ3) is 3.09. The summed E-state index contributed by atoms with van der Waals surface area (Å²) in [6.45, 7) is 7.26. The molecule has 0 aromatic rings. The van der Waals surface area contributed by atoms with Crippen molar-refractivity contribution in [1.82, 2.24) is 0 Å². The van der Waals surface area contributed by atoms with Gasteiger partial charge in [-0.3, -0.25) is 4.79 Å². The van der Waals surface area contributed by atoms with E-state index in [1.54, 1.807) is 0 Å². The summed E-state index contributed by atoms with van der Waals surface area (Å²) in [4.78, 5) is 11.0. The number of rotatable bonds is 4. The summed E-state index contributed by atoms with van der Waals surface area (Å²) in [5.41, 5.74) is 0.615. The van der Waals surface area contributed by atoms with Crippen LogP contribution in [0, 0.1) is 46.3 Å². The molecule has 152 valence electrons. The Morgan fingerprint density at radius 2 is 1.96 bits per heavy atom. The maximum atomic E-state index is 11.0. The van der Waals surface area contributed by atoms with Gasteiger partial charge in [0.2, 0.25) is 0 Å². The maximum absolute atomic E-state index is 11.0. The zero-order valence-corrected chi connectivity index (χ0v) is 17.4. The Morgan fingerprint density at radius 3 is 2.70 bits per heavy atom. The van der Waals surface area contributed by atoms with E-state index >= 15 is 0 Å². The summed E-state index contributed by atoms with van der Waals surface area (Å²) in [6.07, 6.45) is 14.5. The van der Waals surface area contributed by atoms with Crippen LogP contribution in [-0.2, 0) is 4.79 Å². The Kier molecular flexibility index (Phi) is 4.98. The van der Waals surface area contributed by atoms with Crippen LogP contribution < -0.4 is 0 Å². The lowest BCUT2D eigenvalue weighted by atomic mass is 9.46. The predicted molar refractivity (Wildman–Crippen MR) is 107 cm³/mol. The zero-order chi connectivity index (χ0) is 19.4. The highest BCUT2D eigenvalue weighted by atomic mass is 16.4. The minimum Gasteiger partial charge on any atom is -0.481 e. The molecule has 4 aliphatic rings. The van der Waals surface area contributed by atoms with E-state index in [0.29, 0.717) is 35.5 Å². The highest BCUT2D eigenvalue weighted by Crippen LogP contribution is 2.66. The molecule has 0 aromatic carbocycles. The number of allylic oxidation sites excluding steroid dienone is 2. The number of hydrogen-bond donors (Lipinski definition) is 2. The molecule has 9 atom stereocenters. The fourth-order valence-electron chi connectivity index (χ4n) is 8.10. The molecule has 0 aliphatic heterocycles. The van der Waals surface area contributed by atoms with E-state index < -0.39 is 5.97 Å². The molecule has 3 saturated carbocycles. The van der Waals surface area contributed by atoms with Crippen LogP contribution in [0.2, 0.25) is 0 Å². The van der Waals surface area contributed by atoms with Crippen molar-refractivity contribution in [3.63, 3.8) is 0 Å². The predicted octanol–water partition coefficient (Wildman–Crippen LogP) is 5.28. The molecule has 3 fully saturated rings. The molecule has 3 nitrogen and oxygen atoms in total. The Balaban J connectivity index is 1.56. The van der Waals surface area contributed by atoms with Crippen LogP contribution >= 0.6 is 0 Å². The zero-order valence-electron chi connectivity index (χ0n) is 17.4. The molecule has 0 unspecified atom stereocenters. The molecule has 0 radical (unpaired) electrons. The van der Waals surface area contributed by atoms with Crippen molar-refractivity contribution in [1.29, 1.82) is 0 Å². The van der Waals surface area contributed by atoms with Crippen LogP contribution in [0.25, 0.3) is 0 Å². The van der Waals surface area contributed by atoms with Gasteiger partial charge >= 0.3 is 5.97 Å². The first-order valence-corrected chi connectivity index (χ1v) is 11.3. The molecule has 0 bridgehead atoms. The largest absolute Gasteiger partial charge is 0.481 e. The minimum atomic E-state index is -0.661. The smallest absolute Gasteiger partial charge is 0.303 e. The first-order valence-electron chi connectivity index (χ1n) is 11.3. The highest BCUT2D eigenvalue weighted by Gasteiger charge is 2.58. The van der Waals surface area contributed by atoms with E-state index in [1.807, 2.05) is 0 Å². The topological polar surface area (TPSA) is 57.5 Å². The second kappa shape index (κ2) is 6.90. The van der Waals surface area contributed by atoms with E-state index in [2.05, 4.69) is 32.9 Å². The Morgan fingerprint density at radius 1 is 1.19 bits per heavy atom. The van der Waals surface area contributed by atoms with Gasteiger partial charge in [0.25, 0.3) is 0 Å². The standard InChI is InChI=1S/C24H38O3/c1-15(4-9-22(26)27)19-7-8-20-18-6-5-16-14-17(25)10-12-23(16,2)21(18)11-13-24(19,20)3/h11,13,15-21,25H,4-10,12,14H2,1-3H3,(H,26,27)/t15-,16+,17+,18-,19-,20-,21+,23-,24+/m0/s1. The van der Waals surface area contributed by atoms with Crippen molar-refractivity contribution in [2.45, 2.75) is 84.7 Å². The summed E-state index contributed by atoms with van der Waals surface area (Å²) in [6, 6.07) is 0. The number of carbonyl (C=O) groups is 1. The van der Waals surface area contributed by atoms with Crippen molar-refractivity contribution < 1.29 is 15.0 Å². The average Bonchev–Trinajstić information content (AvgIpc) is 2.97. The van der Waals surface area contributed by atoms with Crippen molar-refractivity contribution in [3.05, 3.63) is 12.2 Å². The molecule has 2 N–H and O–H groups in total. The number of carboxylic acid groups (broad SMARTS) is 1. The normalized spacial score (nSPS) is 49.8. The van der Waals surface area contributed by atoms with Gasteiger partial charge in [-0.2, -0.15) is 0 Å². The molecule has 0 aromatic heterocycles. The molecular formula is C24H38O3. The highest BCUT2D eigenvalue weighted by molar-refractivity contribution is 5.66. The van der Waals surface area contributed by atoms with Crippen LogP contribution in [-0.4, -0.2) is 22.3 Å². The Hall–Kier alpha value is -0.830. The summed E-state index contributed by atoms with van der Waals surface area (Å²) < 4.78 is 0. The van der Waals surface area contributed by atoms with E-state index in [9.17, 15) is 9.90 Å². The Labute approximate surface area is 164 Å². The lowest BCUT2D eigenvalue weighted by molar-refractivity contribution is -0.137. The number of aliphatic hydroxyl groups excluding tert-OH is 1. The summed E-state index contributed by atoms with van der Waals surface area (Å²) in [7, 11) is 0. The number of fused-ring (bicyclic) bond motifs is 5. The number of hydrogen-bond acceptors (Lipinski definition) is 2. The molecule has 0 heterocycles. The van der Waals surface area contributed by atoms with Crippen LogP contribution in [0.4, 0.5) is 0 Å². The molecular weight excluding hydrogens is 336 g/mol. The molecule has 4 rings (SSSR count). The molecule has 0 spiro atoms. The van der Waals surface area contributed by atoms with Crippen LogP contribution in [0.15, 0.2) is 12.2 Å². The van der Waals surface area contributed by atoms with Gasteiger partial charge in [0.05, 0.1) is 6.10 Å². The molecule has 3 heteroatoms. The number of carboxylic acids is 1. The van der Waals surface area contributed by atoms with Gasteiger partial charge in [-0.1, -0.05) is 32.9 Å². The van der Waals surface area contributed by atoms with Gasteiger partial charge in [0.15, 0.2) is 0 Å². The summed E-state index contributed by atoms with van der Waals surface area (Å²) in [5.74, 6) is 3.35. The first kappa shape index (κ1) is 19.5. The molecule has 0 amide bonds. The average molecular weight is 375 g/mol. The fourth-order valence-corrected chi connectivity index (χ4v) is 8.10. The second-order valence-electron chi connectivity index (χ2n) is 10.8. The van der Waals surface area contributed by atoms with Crippen LogP contribution in [0.3, 0.4) is 0 Å². The molecule has 0 saturated heterocycles. The van der Waals surface area contributed by atoms with E-state index in [-0.39, 0.29) is 11.5 Å². The molecule has 4 aliphatic carbocycles. The van der Waals surface area contributed by atoms with Gasteiger partial charge < -0.3 is 10.2 Å². The van der Waals surface area contributed by atoms with Crippen molar-refractivity contribution in [2.24, 2.45) is 46.3 Å². The van der Waals surface area contributed by atoms with Crippen molar-refractivity contribution >= 4 is 5.97 Å². The Bertz CT molecular complexity index is 613. The van der Waals surface area contributed by atoms with Crippen molar-refractivity contribution in [3.8, 4) is 0 Å². The lowest BCUT2D eigenvalue weighted by Crippen LogP contribution is -2.52. The third-order valence-corrected chi connectivity index (χ3v) is 9.64. The van der Waals surface area contributed by atoms with E-state index in [0.717, 1.165) is 31.1 Å². The third-order valence-electron chi connectivity index (χ3n) is 9.64. The molecule has 27 heavy (non-hydrogen) atoms. The van der Waals surface area contributed by atoms with Gasteiger partial charge in [-0.25, -0.2) is 0 Å². The van der Waals surface area contributed by atoms with E-state index in [1.165, 1.54) is 32.1 Å². The van der Waals surface area contributed by atoms with Crippen LogP contribution in [0.1, 0.15) is 78.6 Å². The first-order chi connectivity index (χ1) is 12.8. The second-order valence-corrected chi connectivity index (χ2v) is 10.8. The lowest BCUT2D eigenvalue weighted by Gasteiger charge is -2.58. The van der Waals surface area contributed by atoms with Crippen LogP contribution in [0.5, 0.6) is 0 Å². The quantitative estimate of drug-likeness (QED) is 0.658. The summed E-state index contributed by atoms with van der Waals surface area (Å²) >= 11 is 0. The van der Waals surface area contributed by atoms with Gasteiger partial charge in [0, 0.05) is 6.42 Å². The number of aliphatic carboxylic acids is 1. The fraction of sp³-hybridized carbons (Fsp3) is 0.875. The van der Waals surface area contributed by atoms with Crippen molar-refractivity contribution in [2.75, 3.05) is 0 Å². The SMILES string of the molecule is C[C@@H](CCC(=O)O)[C@@H]1CC[C@H]2[C@@H]3CC[C@@H]4C[C@H](O)CC[C@]4(C)[C@@H]3C=C[C@@]21C. The minimum absolute atomic E-state index is 0.0802. The van der Waals surface area contributed by atoms with Gasteiger partial charge in [0.1, 0.15) is 0 Å². The van der Waals surface area contributed by atoms with Gasteiger partial charge in [-0.05, 0) is 97.7 Å². The monoisotopic (exact) mass is 374 g/mol.